The molecule has 0 aliphatic rings. The zero-order valence-electron chi connectivity index (χ0n) is 12.6. The number of hydrogen-bond acceptors (Lipinski definition) is 4. The number of hydrogen-bond donors (Lipinski definition) is 1. The molecule has 2 heterocycles. The maximum atomic E-state index is 12.1. The fourth-order valence-corrected chi connectivity index (χ4v) is 2.53. The molecule has 1 N–H and O–H groups in total. The average Bonchev–Trinajstić information content (AvgIpc) is 3.11. The lowest BCUT2D eigenvalue weighted by Gasteiger charge is -2.08. The van der Waals surface area contributed by atoms with Crippen LogP contribution in [-0.4, -0.2) is 32.0 Å². The molecular weight excluding hydrogens is 374 g/mol. The third kappa shape index (κ3) is 3.77. The Balaban J connectivity index is 1.65. The molecular formula is C16H14BrN5O2. The summed E-state index contributed by atoms with van der Waals surface area (Å²) in [5.74, 6) is 0.338. The summed E-state index contributed by atoms with van der Waals surface area (Å²) in [4.78, 5) is 24.0. The van der Waals surface area contributed by atoms with Gasteiger partial charge in [-0.2, -0.15) is 5.10 Å². The van der Waals surface area contributed by atoms with Gasteiger partial charge in [-0.05, 0) is 30.3 Å². The number of halogens is 1. The summed E-state index contributed by atoms with van der Waals surface area (Å²) < 4.78 is 3.70. The minimum Gasteiger partial charge on any atom is -0.350 e. The highest BCUT2D eigenvalue weighted by molar-refractivity contribution is 9.10. The van der Waals surface area contributed by atoms with Crippen LogP contribution in [0.5, 0.6) is 0 Å². The van der Waals surface area contributed by atoms with Gasteiger partial charge in [0.25, 0.3) is 11.5 Å². The van der Waals surface area contributed by atoms with Crippen molar-refractivity contribution in [2.45, 2.75) is 6.54 Å². The molecule has 1 amide bonds. The molecule has 0 bridgehead atoms. The lowest BCUT2D eigenvalue weighted by Crippen LogP contribution is -2.32. The first-order valence-corrected chi connectivity index (χ1v) is 8.05. The summed E-state index contributed by atoms with van der Waals surface area (Å²) in [6.45, 7) is 0.564. The smallest absolute Gasteiger partial charge is 0.266 e. The van der Waals surface area contributed by atoms with E-state index in [9.17, 15) is 9.59 Å². The molecule has 0 spiro atoms. The summed E-state index contributed by atoms with van der Waals surface area (Å²) in [5, 5.41) is 11.1. The minimum atomic E-state index is -0.234. The van der Waals surface area contributed by atoms with Crippen LogP contribution in [0.25, 0.3) is 5.82 Å². The predicted molar refractivity (Wildman–Crippen MR) is 92.1 cm³/mol. The Kier molecular flexibility index (Phi) is 4.85. The molecule has 3 rings (SSSR count). The molecule has 0 aliphatic carbocycles. The van der Waals surface area contributed by atoms with Crippen molar-refractivity contribution in [1.29, 1.82) is 0 Å². The number of rotatable bonds is 5. The van der Waals surface area contributed by atoms with Gasteiger partial charge in [-0.3, -0.25) is 9.59 Å². The number of benzene rings is 1. The average molecular weight is 388 g/mol. The SMILES string of the molecule is O=C(NCCn1nc(-n2cccn2)ccc1=O)c1cccc(Br)c1. The van der Waals surface area contributed by atoms with Gasteiger partial charge in [0, 0.05) is 35.0 Å². The van der Waals surface area contributed by atoms with E-state index < -0.39 is 0 Å². The van der Waals surface area contributed by atoms with E-state index in [0.29, 0.717) is 17.9 Å². The molecule has 2 aromatic heterocycles. The molecule has 8 heteroatoms. The van der Waals surface area contributed by atoms with Crippen molar-refractivity contribution in [3.8, 4) is 5.82 Å². The third-order valence-electron chi connectivity index (χ3n) is 3.29. The van der Waals surface area contributed by atoms with Crippen LogP contribution >= 0.6 is 15.9 Å². The number of amides is 1. The second-order valence-electron chi connectivity index (χ2n) is 4.97. The molecule has 0 fully saturated rings. The second kappa shape index (κ2) is 7.22. The first-order chi connectivity index (χ1) is 11.6. The van der Waals surface area contributed by atoms with Crippen LogP contribution in [0.3, 0.4) is 0 Å². The Morgan fingerprint density at radius 3 is 2.83 bits per heavy atom. The third-order valence-corrected chi connectivity index (χ3v) is 3.78. The van der Waals surface area contributed by atoms with Gasteiger partial charge in [-0.1, -0.05) is 22.0 Å². The molecule has 0 saturated carbocycles. The maximum absolute atomic E-state index is 12.1. The van der Waals surface area contributed by atoms with Crippen LogP contribution in [-0.2, 0) is 6.54 Å². The molecule has 122 valence electrons. The van der Waals surface area contributed by atoms with Crippen molar-refractivity contribution >= 4 is 21.8 Å². The van der Waals surface area contributed by atoms with Gasteiger partial charge in [0.1, 0.15) is 0 Å². The Morgan fingerprint density at radius 2 is 2.08 bits per heavy atom. The van der Waals surface area contributed by atoms with Gasteiger partial charge < -0.3 is 5.32 Å². The lowest BCUT2D eigenvalue weighted by molar-refractivity contribution is 0.0951. The fraction of sp³-hybridized carbons (Fsp3) is 0.125. The van der Waals surface area contributed by atoms with Crippen LogP contribution in [0.2, 0.25) is 0 Å². The quantitative estimate of drug-likeness (QED) is 0.720. The molecule has 24 heavy (non-hydrogen) atoms. The Hall–Kier alpha value is -2.74. The highest BCUT2D eigenvalue weighted by atomic mass is 79.9. The summed E-state index contributed by atoms with van der Waals surface area (Å²) in [6, 6.07) is 11.9. The van der Waals surface area contributed by atoms with E-state index in [2.05, 4.69) is 31.4 Å². The van der Waals surface area contributed by atoms with Crippen LogP contribution in [0.1, 0.15) is 10.4 Å². The van der Waals surface area contributed by atoms with Crippen molar-refractivity contribution in [1.82, 2.24) is 24.9 Å². The molecule has 7 nitrogen and oxygen atoms in total. The van der Waals surface area contributed by atoms with Crippen molar-refractivity contribution in [2.24, 2.45) is 0 Å². The largest absolute Gasteiger partial charge is 0.350 e. The molecule has 0 atom stereocenters. The summed E-state index contributed by atoms with van der Waals surface area (Å²) in [7, 11) is 0. The molecule has 3 aromatic rings. The van der Waals surface area contributed by atoms with Crippen molar-refractivity contribution < 1.29 is 4.79 Å². The van der Waals surface area contributed by atoms with Gasteiger partial charge >= 0.3 is 0 Å². The van der Waals surface area contributed by atoms with E-state index >= 15 is 0 Å². The highest BCUT2D eigenvalue weighted by Crippen LogP contribution is 2.11. The molecule has 0 saturated heterocycles. The summed E-state index contributed by atoms with van der Waals surface area (Å²) in [5.41, 5.74) is 0.317. The number of aromatic nitrogens is 4. The van der Waals surface area contributed by atoms with Crippen LogP contribution < -0.4 is 10.9 Å². The number of carbonyl (C=O) groups excluding carboxylic acids is 1. The van der Waals surface area contributed by atoms with Crippen LogP contribution in [0, 0.1) is 0 Å². The van der Waals surface area contributed by atoms with E-state index in [1.807, 2.05) is 6.07 Å². The normalized spacial score (nSPS) is 10.5. The van der Waals surface area contributed by atoms with Gasteiger partial charge in [-0.15, -0.1) is 5.10 Å². The van der Waals surface area contributed by atoms with Crippen LogP contribution in [0.4, 0.5) is 0 Å². The molecule has 0 unspecified atom stereocenters. The van der Waals surface area contributed by atoms with Crippen LogP contribution in [0.15, 0.2) is 64.1 Å². The Labute approximate surface area is 146 Å². The Bertz CT molecular complexity index is 905. The summed E-state index contributed by atoms with van der Waals surface area (Å²) in [6.07, 6.45) is 3.38. The molecule has 0 aliphatic heterocycles. The van der Waals surface area contributed by atoms with Crippen molar-refractivity contribution in [3.05, 3.63) is 75.2 Å². The number of nitrogens with zero attached hydrogens (tertiary/aromatic N) is 4. The van der Waals surface area contributed by atoms with E-state index in [1.165, 1.54) is 10.7 Å². The maximum Gasteiger partial charge on any atom is 0.266 e. The molecule has 0 radical (unpaired) electrons. The first kappa shape index (κ1) is 16.1. The van der Waals surface area contributed by atoms with E-state index in [0.717, 1.165) is 4.47 Å². The number of nitrogens with one attached hydrogen (secondary N) is 1. The van der Waals surface area contributed by atoms with Crippen molar-refractivity contribution in [3.63, 3.8) is 0 Å². The lowest BCUT2D eigenvalue weighted by atomic mass is 10.2. The Morgan fingerprint density at radius 1 is 1.21 bits per heavy atom. The van der Waals surface area contributed by atoms with Gasteiger partial charge in [-0.25, -0.2) is 9.36 Å². The van der Waals surface area contributed by atoms with Gasteiger partial charge in [0.05, 0.1) is 6.54 Å². The summed E-state index contributed by atoms with van der Waals surface area (Å²) >= 11 is 3.33. The monoisotopic (exact) mass is 387 g/mol. The highest BCUT2D eigenvalue weighted by Gasteiger charge is 2.07. The number of carbonyl (C=O) groups is 1. The zero-order chi connectivity index (χ0) is 16.9. The zero-order valence-corrected chi connectivity index (χ0v) is 14.2. The standard InChI is InChI=1S/C16H14BrN5O2/c17-13-4-1-3-12(11-13)16(24)18-8-10-22-15(23)6-5-14(20-22)21-9-2-7-19-21/h1-7,9,11H,8,10H2,(H,18,24). The topological polar surface area (TPSA) is 81.8 Å². The van der Waals surface area contributed by atoms with Crippen molar-refractivity contribution in [2.75, 3.05) is 6.54 Å². The fourth-order valence-electron chi connectivity index (χ4n) is 2.13. The van der Waals surface area contributed by atoms with Gasteiger partial charge in [0.15, 0.2) is 5.82 Å². The minimum absolute atomic E-state index is 0.201. The molecule has 1 aromatic carbocycles. The van der Waals surface area contributed by atoms with E-state index in [-0.39, 0.29) is 18.0 Å². The van der Waals surface area contributed by atoms with E-state index in [4.69, 9.17) is 0 Å². The van der Waals surface area contributed by atoms with E-state index in [1.54, 1.807) is 47.4 Å². The predicted octanol–water partition coefficient (Wildman–Crippen LogP) is 1.62. The van der Waals surface area contributed by atoms with Gasteiger partial charge in [0.2, 0.25) is 0 Å². The second-order valence-corrected chi connectivity index (χ2v) is 5.89. The first-order valence-electron chi connectivity index (χ1n) is 7.25.